The van der Waals surface area contributed by atoms with Crippen molar-refractivity contribution in [2.45, 2.75) is 24.5 Å². The zero-order valence-corrected chi connectivity index (χ0v) is 9.07. The van der Waals surface area contributed by atoms with Crippen molar-refractivity contribution in [3.63, 3.8) is 0 Å². The summed E-state index contributed by atoms with van der Waals surface area (Å²) in [6.45, 7) is 0.423. The maximum absolute atomic E-state index is 11.4. The maximum Gasteiger partial charge on any atom is 0.214 e. The highest BCUT2D eigenvalue weighted by Crippen LogP contribution is 2.27. The monoisotopic (exact) mass is 227 g/mol. The summed E-state index contributed by atoms with van der Waals surface area (Å²) in [5, 5.41) is -0.149. The van der Waals surface area contributed by atoms with Crippen LogP contribution in [0.2, 0.25) is 0 Å². The van der Waals surface area contributed by atoms with Gasteiger partial charge in [0.15, 0.2) is 0 Å². The summed E-state index contributed by atoms with van der Waals surface area (Å²) in [6, 6.07) is 0. The van der Waals surface area contributed by atoms with Gasteiger partial charge in [0.2, 0.25) is 10.0 Å². The van der Waals surface area contributed by atoms with E-state index in [1.165, 1.54) is 6.33 Å². The van der Waals surface area contributed by atoms with Crippen LogP contribution in [-0.2, 0) is 16.4 Å². The normalized spacial score (nSPS) is 16.5. The Bertz CT molecular complexity index is 414. The molecule has 2 rings (SSSR count). The molecule has 1 N–H and O–H groups in total. The van der Waals surface area contributed by atoms with Crippen LogP contribution in [0.25, 0.3) is 0 Å². The molecule has 0 radical (unpaired) electrons. The molecule has 5 nitrogen and oxygen atoms in total. The average molecular weight is 227 g/mol. The standard InChI is InChI=1S/C9H13N3O2S/c13-15(14,9-1-2-9)12-4-3-8-5-10-7-11-6-8/h5-7,9,12H,1-4H2. The van der Waals surface area contributed by atoms with Crippen LogP contribution in [0.4, 0.5) is 0 Å². The van der Waals surface area contributed by atoms with Crippen molar-refractivity contribution in [1.29, 1.82) is 0 Å². The van der Waals surface area contributed by atoms with Crippen LogP contribution >= 0.6 is 0 Å². The quantitative estimate of drug-likeness (QED) is 0.774. The van der Waals surface area contributed by atoms with Gasteiger partial charge >= 0.3 is 0 Å². The SMILES string of the molecule is O=S(=O)(NCCc1cncnc1)C1CC1. The Morgan fingerprint density at radius 2 is 2.00 bits per heavy atom. The lowest BCUT2D eigenvalue weighted by atomic mass is 10.2. The van der Waals surface area contributed by atoms with Crippen LogP contribution < -0.4 is 4.72 Å². The Labute approximate surface area is 89.0 Å². The van der Waals surface area contributed by atoms with Gasteiger partial charge in [0.1, 0.15) is 6.33 Å². The Morgan fingerprint density at radius 1 is 1.33 bits per heavy atom. The highest BCUT2D eigenvalue weighted by atomic mass is 32.2. The summed E-state index contributed by atoms with van der Waals surface area (Å²) in [5.41, 5.74) is 0.941. The van der Waals surface area contributed by atoms with Gasteiger partial charge in [-0.05, 0) is 24.8 Å². The molecule has 0 aromatic carbocycles. The van der Waals surface area contributed by atoms with Crippen molar-refractivity contribution in [2.75, 3.05) is 6.54 Å². The van der Waals surface area contributed by atoms with E-state index >= 15 is 0 Å². The van der Waals surface area contributed by atoms with Gasteiger partial charge in [-0.25, -0.2) is 23.1 Å². The third kappa shape index (κ3) is 2.97. The average Bonchev–Trinajstić information content (AvgIpc) is 3.02. The highest BCUT2D eigenvalue weighted by Gasteiger charge is 2.35. The number of aromatic nitrogens is 2. The smallest absolute Gasteiger partial charge is 0.214 e. The molecular formula is C9H13N3O2S. The second-order valence-electron chi connectivity index (χ2n) is 3.64. The van der Waals surface area contributed by atoms with E-state index in [1.54, 1.807) is 12.4 Å². The van der Waals surface area contributed by atoms with Gasteiger partial charge in [0.05, 0.1) is 5.25 Å². The highest BCUT2D eigenvalue weighted by molar-refractivity contribution is 7.90. The molecule has 1 aromatic rings. The van der Waals surface area contributed by atoms with Gasteiger partial charge in [-0.3, -0.25) is 0 Å². The van der Waals surface area contributed by atoms with Crippen LogP contribution in [0.15, 0.2) is 18.7 Å². The lowest BCUT2D eigenvalue weighted by Crippen LogP contribution is -2.29. The fraction of sp³-hybridized carbons (Fsp3) is 0.556. The summed E-state index contributed by atoms with van der Waals surface area (Å²) in [7, 11) is -3.05. The molecule has 0 bridgehead atoms. The molecule has 0 aliphatic heterocycles. The van der Waals surface area contributed by atoms with E-state index in [-0.39, 0.29) is 5.25 Å². The van der Waals surface area contributed by atoms with E-state index < -0.39 is 10.0 Å². The van der Waals surface area contributed by atoms with Crippen molar-refractivity contribution in [2.24, 2.45) is 0 Å². The van der Waals surface area contributed by atoms with Crippen molar-refractivity contribution in [3.8, 4) is 0 Å². The lowest BCUT2D eigenvalue weighted by molar-refractivity contribution is 0.580. The number of nitrogens with one attached hydrogen (secondary N) is 1. The molecule has 0 saturated heterocycles. The summed E-state index contributed by atoms with van der Waals surface area (Å²) >= 11 is 0. The predicted molar refractivity (Wildman–Crippen MR) is 55.7 cm³/mol. The first-order chi connectivity index (χ1) is 7.18. The van der Waals surface area contributed by atoms with Crippen LogP contribution in [0.3, 0.4) is 0 Å². The van der Waals surface area contributed by atoms with E-state index in [2.05, 4.69) is 14.7 Å². The number of nitrogens with zero attached hydrogens (tertiary/aromatic N) is 2. The topological polar surface area (TPSA) is 72.0 Å². The van der Waals surface area contributed by atoms with E-state index in [0.29, 0.717) is 13.0 Å². The predicted octanol–water partition coefficient (Wildman–Crippen LogP) is 0.101. The molecule has 6 heteroatoms. The van der Waals surface area contributed by atoms with Crippen molar-refractivity contribution in [3.05, 3.63) is 24.3 Å². The maximum atomic E-state index is 11.4. The molecule has 0 amide bonds. The van der Waals surface area contributed by atoms with E-state index in [1.807, 2.05) is 0 Å². The van der Waals surface area contributed by atoms with E-state index in [9.17, 15) is 8.42 Å². The molecule has 15 heavy (non-hydrogen) atoms. The molecule has 1 aliphatic rings. The first-order valence-electron chi connectivity index (χ1n) is 4.91. The lowest BCUT2D eigenvalue weighted by Gasteiger charge is -2.04. The zero-order chi connectivity index (χ0) is 10.7. The molecule has 82 valence electrons. The minimum Gasteiger partial charge on any atom is -0.245 e. The van der Waals surface area contributed by atoms with Gasteiger partial charge in [-0.1, -0.05) is 0 Å². The largest absolute Gasteiger partial charge is 0.245 e. The number of rotatable bonds is 5. The third-order valence-electron chi connectivity index (χ3n) is 2.29. The van der Waals surface area contributed by atoms with Crippen LogP contribution in [0.1, 0.15) is 18.4 Å². The number of hydrogen-bond donors (Lipinski definition) is 1. The Morgan fingerprint density at radius 3 is 2.60 bits per heavy atom. The first-order valence-corrected chi connectivity index (χ1v) is 6.45. The second kappa shape index (κ2) is 4.24. The molecule has 0 atom stereocenters. The fourth-order valence-corrected chi connectivity index (χ4v) is 2.67. The molecule has 1 aromatic heterocycles. The molecule has 1 fully saturated rings. The first kappa shape index (κ1) is 10.5. The molecule has 1 aliphatic carbocycles. The Hall–Kier alpha value is -1.01. The number of hydrogen-bond acceptors (Lipinski definition) is 4. The fourth-order valence-electron chi connectivity index (χ4n) is 1.29. The minimum absolute atomic E-state index is 0.149. The van der Waals surface area contributed by atoms with Gasteiger partial charge in [0.25, 0.3) is 0 Å². The second-order valence-corrected chi connectivity index (χ2v) is 5.68. The van der Waals surface area contributed by atoms with Gasteiger partial charge in [-0.15, -0.1) is 0 Å². The van der Waals surface area contributed by atoms with Gasteiger partial charge in [-0.2, -0.15) is 0 Å². The molecule has 1 saturated carbocycles. The summed E-state index contributed by atoms with van der Waals surface area (Å²) in [4.78, 5) is 7.72. The van der Waals surface area contributed by atoms with Gasteiger partial charge in [0, 0.05) is 18.9 Å². The van der Waals surface area contributed by atoms with Crippen molar-refractivity contribution >= 4 is 10.0 Å². The van der Waals surface area contributed by atoms with Crippen LogP contribution in [-0.4, -0.2) is 30.2 Å². The van der Waals surface area contributed by atoms with Crippen LogP contribution in [0.5, 0.6) is 0 Å². The minimum atomic E-state index is -3.05. The summed E-state index contributed by atoms with van der Waals surface area (Å²) < 4.78 is 25.5. The Balaban J connectivity index is 1.80. The molecular weight excluding hydrogens is 214 g/mol. The molecule has 0 unspecified atom stereocenters. The van der Waals surface area contributed by atoms with E-state index in [0.717, 1.165) is 18.4 Å². The molecule has 1 heterocycles. The van der Waals surface area contributed by atoms with E-state index in [4.69, 9.17) is 0 Å². The van der Waals surface area contributed by atoms with Gasteiger partial charge < -0.3 is 0 Å². The zero-order valence-electron chi connectivity index (χ0n) is 8.26. The van der Waals surface area contributed by atoms with Crippen molar-refractivity contribution in [1.82, 2.24) is 14.7 Å². The number of sulfonamides is 1. The summed E-state index contributed by atoms with van der Waals surface area (Å²) in [6.07, 6.45) is 7.06. The summed E-state index contributed by atoms with van der Waals surface area (Å²) in [5.74, 6) is 0. The molecule has 0 spiro atoms. The third-order valence-corrected chi connectivity index (χ3v) is 4.25. The van der Waals surface area contributed by atoms with Crippen LogP contribution in [0, 0.1) is 0 Å². The van der Waals surface area contributed by atoms with Crippen molar-refractivity contribution < 1.29 is 8.42 Å². The Kier molecular flexibility index (Phi) is 2.97.